The van der Waals surface area contributed by atoms with Crippen LogP contribution >= 0.6 is 39.1 Å². The lowest BCUT2D eigenvalue weighted by Gasteiger charge is -2.20. The molecular weight excluding hydrogens is 451 g/mol. The first kappa shape index (κ1) is 20.2. The number of likely N-dealkylation sites (N-methyl/N-ethyl adjacent to an activating group) is 1. The molecule has 2 rings (SSSR count). The van der Waals surface area contributed by atoms with Crippen molar-refractivity contribution >= 4 is 60.7 Å². The second-order valence-electron chi connectivity index (χ2n) is 5.06. The van der Waals surface area contributed by atoms with Gasteiger partial charge in [-0.15, -0.1) is 0 Å². The van der Waals surface area contributed by atoms with Crippen LogP contribution in [0, 0.1) is 0 Å². The van der Waals surface area contributed by atoms with Crippen LogP contribution in [-0.2, 0) is 14.8 Å². The maximum absolute atomic E-state index is 12.7. The van der Waals surface area contributed by atoms with E-state index in [0.29, 0.717) is 15.7 Å². The summed E-state index contributed by atoms with van der Waals surface area (Å²) >= 11 is 15.1. The van der Waals surface area contributed by atoms with Crippen molar-refractivity contribution in [2.45, 2.75) is 11.8 Å². The number of benzene rings is 2. The molecule has 0 aliphatic heterocycles. The molecule has 5 nitrogen and oxygen atoms in total. The fourth-order valence-electron chi connectivity index (χ4n) is 2.07. The molecule has 0 saturated carbocycles. The van der Waals surface area contributed by atoms with Crippen molar-refractivity contribution in [3.63, 3.8) is 0 Å². The minimum Gasteiger partial charge on any atom is -0.324 e. The summed E-state index contributed by atoms with van der Waals surface area (Å²) in [4.78, 5) is 12.4. The maximum atomic E-state index is 12.7. The first-order chi connectivity index (χ1) is 11.7. The number of nitrogens with one attached hydrogen (secondary N) is 1. The van der Waals surface area contributed by atoms with Gasteiger partial charge >= 0.3 is 0 Å². The van der Waals surface area contributed by atoms with Crippen molar-refractivity contribution in [1.82, 2.24) is 4.31 Å². The van der Waals surface area contributed by atoms with Crippen molar-refractivity contribution in [3.8, 4) is 0 Å². The Morgan fingerprint density at radius 2 is 1.80 bits per heavy atom. The molecule has 0 aromatic heterocycles. The number of amides is 1. The smallest absolute Gasteiger partial charge is 0.243 e. The van der Waals surface area contributed by atoms with Crippen LogP contribution in [0.3, 0.4) is 0 Å². The number of hydrogen-bond donors (Lipinski definition) is 1. The molecule has 134 valence electrons. The molecule has 9 heteroatoms. The summed E-state index contributed by atoms with van der Waals surface area (Å²) in [7, 11) is -3.78. The minimum absolute atomic E-state index is 0.117. The fraction of sp³-hybridized carbons (Fsp3) is 0.188. The predicted octanol–water partition coefficient (Wildman–Crippen LogP) is 4.41. The second kappa shape index (κ2) is 8.51. The molecule has 0 saturated heterocycles. The molecule has 0 spiro atoms. The van der Waals surface area contributed by atoms with E-state index in [1.54, 1.807) is 31.2 Å². The van der Waals surface area contributed by atoms with Gasteiger partial charge in [-0.25, -0.2) is 8.42 Å². The van der Waals surface area contributed by atoms with Gasteiger partial charge in [0.05, 0.1) is 22.2 Å². The van der Waals surface area contributed by atoms with Crippen LogP contribution in [-0.4, -0.2) is 31.7 Å². The first-order valence-electron chi connectivity index (χ1n) is 7.24. The van der Waals surface area contributed by atoms with Gasteiger partial charge in [-0.1, -0.05) is 46.1 Å². The molecule has 25 heavy (non-hydrogen) atoms. The second-order valence-corrected chi connectivity index (χ2v) is 8.75. The third-order valence-corrected chi connectivity index (χ3v) is 6.35. The Balaban J connectivity index is 2.16. The van der Waals surface area contributed by atoms with Crippen molar-refractivity contribution in [1.29, 1.82) is 0 Å². The molecule has 2 aromatic rings. The van der Waals surface area contributed by atoms with Gasteiger partial charge < -0.3 is 5.32 Å². The van der Waals surface area contributed by atoms with Crippen LogP contribution in [0.4, 0.5) is 5.69 Å². The number of nitrogens with zero attached hydrogens (tertiary/aromatic N) is 1. The summed E-state index contributed by atoms with van der Waals surface area (Å²) in [5.74, 6) is -0.508. The highest BCUT2D eigenvalue weighted by Crippen LogP contribution is 2.25. The van der Waals surface area contributed by atoms with Crippen LogP contribution in [0.25, 0.3) is 0 Å². The van der Waals surface area contributed by atoms with Gasteiger partial charge in [-0.05, 0) is 42.5 Å². The Morgan fingerprint density at radius 1 is 1.16 bits per heavy atom. The topological polar surface area (TPSA) is 66.5 Å². The standard InChI is InChI=1S/C16H15BrCl2N2O3S/c1-2-21(25(23,24)13-6-3-11(17)4-7-13)10-16(22)20-15-9-12(18)5-8-14(15)19/h3-9H,2,10H2,1H3,(H,20,22). The summed E-state index contributed by atoms with van der Waals surface area (Å²) in [5, 5.41) is 3.31. The Hall–Kier alpha value is -1.12. The maximum Gasteiger partial charge on any atom is 0.243 e. The Labute approximate surface area is 165 Å². The molecule has 0 bridgehead atoms. The lowest BCUT2D eigenvalue weighted by molar-refractivity contribution is -0.116. The number of carbonyl (C=O) groups is 1. The molecule has 0 aliphatic carbocycles. The monoisotopic (exact) mass is 464 g/mol. The van der Waals surface area contributed by atoms with Crippen molar-refractivity contribution in [3.05, 3.63) is 57.0 Å². The van der Waals surface area contributed by atoms with Gasteiger partial charge in [0.15, 0.2) is 0 Å². The summed E-state index contributed by atoms with van der Waals surface area (Å²) in [6, 6.07) is 10.9. The lowest BCUT2D eigenvalue weighted by atomic mass is 10.3. The van der Waals surface area contributed by atoms with E-state index in [1.807, 2.05) is 0 Å². The number of anilines is 1. The van der Waals surface area contributed by atoms with Crippen LogP contribution in [0.1, 0.15) is 6.92 Å². The van der Waals surface area contributed by atoms with E-state index in [2.05, 4.69) is 21.2 Å². The van der Waals surface area contributed by atoms with E-state index in [9.17, 15) is 13.2 Å². The van der Waals surface area contributed by atoms with Gasteiger partial charge in [-0.3, -0.25) is 4.79 Å². The van der Waals surface area contributed by atoms with E-state index in [1.165, 1.54) is 18.2 Å². The van der Waals surface area contributed by atoms with Gasteiger partial charge in [-0.2, -0.15) is 4.31 Å². The molecule has 2 aromatic carbocycles. The predicted molar refractivity (Wildman–Crippen MR) is 104 cm³/mol. The zero-order chi connectivity index (χ0) is 18.6. The SMILES string of the molecule is CCN(CC(=O)Nc1cc(Cl)ccc1Cl)S(=O)(=O)c1ccc(Br)cc1. The third-order valence-electron chi connectivity index (χ3n) is 3.33. The van der Waals surface area contributed by atoms with Crippen LogP contribution in [0.5, 0.6) is 0 Å². The summed E-state index contributed by atoms with van der Waals surface area (Å²) in [5.41, 5.74) is 0.330. The van der Waals surface area contributed by atoms with Gasteiger partial charge in [0.1, 0.15) is 0 Å². The van der Waals surface area contributed by atoms with E-state index in [4.69, 9.17) is 23.2 Å². The van der Waals surface area contributed by atoms with Crippen molar-refractivity contribution in [2.24, 2.45) is 0 Å². The van der Waals surface area contributed by atoms with E-state index < -0.39 is 15.9 Å². The number of halogens is 3. The van der Waals surface area contributed by atoms with Crippen LogP contribution < -0.4 is 5.32 Å². The van der Waals surface area contributed by atoms with E-state index in [-0.39, 0.29) is 18.0 Å². The van der Waals surface area contributed by atoms with E-state index >= 15 is 0 Å². The summed E-state index contributed by atoms with van der Waals surface area (Å²) in [6.07, 6.45) is 0. The molecule has 0 fully saturated rings. The molecule has 0 unspecified atom stereocenters. The highest BCUT2D eigenvalue weighted by molar-refractivity contribution is 9.10. The molecule has 0 heterocycles. The highest BCUT2D eigenvalue weighted by atomic mass is 79.9. The van der Waals surface area contributed by atoms with E-state index in [0.717, 1.165) is 8.78 Å². The van der Waals surface area contributed by atoms with Crippen LogP contribution in [0.2, 0.25) is 10.0 Å². The van der Waals surface area contributed by atoms with Crippen molar-refractivity contribution in [2.75, 3.05) is 18.4 Å². The quantitative estimate of drug-likeness (QED) is 0.687. The number of rotatable bonds is 6. The van der Waals surface area contributed by atoms with Gasteiger partial charge in [0.2, 0.25) is 15.9 Å². The average molecular weight is 466 g/mol. The third kappa shape index (κ3) is 5.18. The highest BCUT2D eigenvalue weighted by Gasteiger charge is 2.25. The molecule has 1 amide bonds. The van der Waals surface area contributed by atoms with Gasteiger partial charge in [0.25, 0.3) is 0 Å². The zero-order valence-electron chi connectivity index (χ0n) is 13.2. The number of hydrogen-bond acceptors (Lipinski definition) is 3. The average Bonchev–Trinajstić information content (AvgIpc) is 2.56. The molecule has 0 atom stereocenters. The Kier molecular flexibility index (Phi) is 6.87. The normalized spacial score (nSPS) is 11.6. The van der Waals surface area contributed by atoms with Gasteiger partial charge in [0, 0.05) is 16.0 Å². The molecular formula is C16H15BrCl2N2O3S. The largest absolute Gasteiger partial charge is 0.324 e. The zero-order valence-corrected chi connectivity index (χ0v) is 17.1. The van der Waals surface area contributed by atoms with Crippen LogP contribution in [0.15, 0.2) is 51.8 Å². The molecule has 1 N–H and O–H groups in total. The number of sulfonamides is 1. The molecule has 0 radical (unpaired) electrons. The Morgan fingerprint density at radius 3 is 2.40 bits per heavy atom. The molecule has 0 aliphatic rings. The fourth-order valence-corrected chi connectivity index (χ4v) is 4.07. The Bertz CT molecular complexity index is 873. The van der Waals surface area contributed by atoms with Crippen molar-refractivity contribution < 1.29 is 13.2 Å². The minimum atomic E-state index is -3.78. The number of carbonyl (C=O) groups excluding carboxylic acids is 1. The lowest BCUT2D eigenvalue weighted by Crippen LogP contribution is -2.37. The first-order valence-corrected chi connectivity index (χ1v) is 10.2. The summed E-state index contributed by atoms with van der Waals surface area (Å²) in [6.45, 7) is 1.48. The summed E-state index contributed by atoms with van der Waals surface area (Å²) < 4.78 is 27.2.